The zero-order valence-corrected chi connectivity index (χ0v) is 25.0. The fourth-order valence-electron chi connectivity index (χ4n) is 4.80. The average Bonchev–Trinajstić information content (AvgIpc) is 3.46. The minimum atomic E-state index is -4.00. The van der Waals surface area contributed by atoms with Crippen LogP contribution >= 0.6 is 0 Å². The molecule has 0 radical (unpaired) electrons. The van der Waals surface area contributed by atoms with Gasteiger partial charge in [-0.15, -0.1) is 0 Å². The number of nitrogens with one attached hydrogen (secondary N) is 1. The molecule has 10 nitrogen and oxygen atoms in total. The lowest BCUT2D eigenvalue weighted by Gasteiger charge is -2.17. The second-order valence-electron chi connectivity index (χ2n) is 9.82. The maximum absolute atomic E-state index is 13.5. The van der Waals surface area contributed by atoms with Gasteiger partial charge < -0.3 is 19.6 Å². The minimum absolute atomic E-state index is 0.106. The fraction of sp³-hybridized carbons (Fsp3) is 0.367. The van der Waals surface area contributed by atoms with Crippen LogP contribution in [0.2, 0.25) is 0 Å². The number of primary amides is 1. The number of sulfonamides is 1. The zero-order valence-electron chi connectivity index (χ0n) is 24.2. The summed E-state index contributed by atoms with van der Waals surface area (Å²) in [4.78, 5) is 17.2. The van der Waals surface area contributed by atoms with Crippen LogP contribution < -0.4 is 10.5 Å². The Morgan fingerprint density at radius 1 is 1.10 bits per heavy atom. The second kappa shape index (κ2) is 12.7. The lowest BCUT2D eigenvalue weighted by Crippen LogP contribution is -2.20. The normalized spacial score (nSPS) is 11.6. The van der Waals surface area contributed by atoms with E-state index in [2.05, 4.69) is 16.8 Å². The Kier molecular flexibility index (Phi) is 9.29. The first-order valence-corrected chi connectivity index (χ1v) is 15.2. The quantitative estimate of drug-likeness (QED) is 0.223. The Labute approximate surface area is 241 Å². The van der Waals surface area contributed by atoms with E-state index in [0.717, 1.165) is 28.9 Å². The summed E-state index contributed by atoms with van der Waals surface area (Å²) in [6, 6.07) is 12.6. The standard InChI is InChI=1S/C30H37N5O5S/c1-6-11-27-32-25(7-2)28(29(31)36)35(27)17-21-14-15-23(22(16-21)18-39-8-3)24-12-9-10-13-26(24)41(37,38)34-30-19(4)20(5)40-33-30/h9-10,12-16H,6-8,11,17-18H2,1-5H3,(H2,31,36)(H,33,34). The zero-order chi connectivity index (χ0) is 29.7. The molecule has 0 unspecified atom stereocenters. The summed E-state index contributed by atoms with van der Waals surface area (Å²) in [5.41, 5.74) is 10.5. The molecule has 2 aromatic carbocycles. The lowest BCUT2D eigenvalue weighted by molar-refractivity contribution is 0.0990. The number of hydrogen-bond acceptors (Lipinski definition) is 7. The molecule has 41 heavy (non-hydrogen) atoms. The van der Waals surface area contributed by atoms with Gasteiger partial charge in [0.2, 0.25) is 0 Å². The Morgan fingerprint density at radius 2 is 1.85 bits per heavy atom. The molecule has 0 aliphatic heterocycles. The van der Waals surface area contributed by atoms with Gasteiger partial charge >= 0.3 is 0 Å². The third-order valence-electron chi connectivity index (χ3n) is 6.99. The van der Waals surface area contributed by atoms with Gasteiger partial charge in [-0.3, -0.25) is 9.52 Å². The van der Waals surface area contributed by atoms with Crippen molar-refractivity contribution in [2.24, 2.45) is 5.73 Å². The first-order valence-electron chi connectivity index (χ1n) is 13.7. The second-order valence-corrected chi connectivity index (χ2v) is 11.5. The van der Waals surface area contributed by atoms with Crippen molar-refractivity contribution in [1.82, 2.24) is 14.7 Å². The topological polar surface area (TPSA) is 142 Å². The van der Waals surface area contributed by atoms with E-state index < -0.39 is 15.9 Å². The summed E-state index contributed by atoms with van der Waals surface area (Å²) in [5.74, 6) is 1.000. The van der Waals surface area contributed by atoms with Crippen molar-refractivity contribution in [2.45, 2.75) is 71.9 Å². The summed E-state index contributed by atoms with van der Waals surface area (Å²) in [6.45, 7) is 10.5. The number of nitrogens with two attached hydrogens (primary N) is 1. The van der Waals surface area contributed by atoms with Crippen LogP contribution in [-0.2, 0) is 40.8 Å². The van der Waals surface area contributed by atoms with Crippen molar-refractivity contribution in [3.63, 3.8) is 0 Å². The van der Waals surface area contributed by atoms with Gasteiger partial charge in [-0.1, -0.05) is 55.4 Å². The van der Waals surface area contributed by atoms with Gasteiger partial charge in [-0.2, -0.15) is 0 Å². The molecular weight excluding hydrogens is 542 g/mol. The number of ether oxygens (including phenoxy) is 1. The number of hydrogen-bond donors (Lipinski definition) is 2. The highest BCUT2D eigenvalue weighted by atomic mass is 32.2. The minimum Gasteiger partial charge on any atom is -0.377 e. The van der Waals surface area contributed by atoms with Crippen molar-refractivity contribution < 1.29 is 22.5 Å². The molecule has 0 bridgehead atoms. The highest BCUT2D eigenvalue weighted by Crippen LogP contribution is 2.33. The van der Waals surface area contributed by atoms with Crippen LogP contribution in [-0.4, -0.2) is 35.6 Å². The Balaban J connectivity index is 1.78. The monoisotopic (exact) mass is 579 g/mol. The van der Waals surface area contributed by atoms with Gasteiger partial charge in [0, 0.05) is 30.7 Å². The summed E-state index contributed by atoms with van der Waals surface area (Å²) in [7, 11) is -4.00. The maximum atomic E-state index is 13.5. The van der Waals surface area contributed by atoms with E-state index in [4.69, 9.17) is 20.0 Å². The molecule has 0 aliphatic rings. The van der Waals surface area contributed by atoms with Gasteiger partial charge in [0.1, 0.15) is 17.3 Å². The van der Waals surface area contributed by atoms with E-state index in [1.165, 1.54) is 0 Å². The Bertz CT molecular complexity index is 1660. The smallest absolute Gasteiger partial charge is 0.267 e. The highest BCUT2D eigenvalue weighted by molar-refractivity contribution is 7.92. The van der Waals surface area contributed by atoms with Gasteiger partial charge in [-0.05, 0) is 56.4 Å². The molecule has 0 fully saturated rings. The maximum Gasteiger partial charge on any atom is 0.267 e. The average molecular weight is 580 g/mol. The molecule has 11 heteroatoms. The number of benzene rings is 2. The predicted octanol–water partition coefficient (Wildman–Crippen LogP) is 5.15. The van der Waals surface area contributed by atoms with Crippen LogP contribution in [0.1, 0.15) is 71.6 Å². The van der Waals surface area contributed by atoms with Gasteiger partial charge in [0.05, 0.1) is 17.2 Å². The molecule has 0 atom stereocenters. The largest absolute Gasteiger partial charge is 0.377 e. The Hall–Kier alpha value is -3.96. The van der Waals surface area contributed by atoms with Crippen LogP contribution in [0.3, 0.4) is 0 Å². The van der Waals surface area contributed by atoms with E-state index in [9.17, 15) is 13.2 Å². The van der Waals surface area contributed by atoms with Gasteiger partial charge in [0.25, 0.3) is 15.9 Å². The van der Waals surface area contributed by atoms with Crippen molar-refractivity contribution in [3.05, 3.63) is 82.1 Å². The van der Waals surface area contributed by atoms with Crippen molar-refractivity contribution in [3.8, 4) is 11.1 Å². The third kappa shape index (κ3) is 6.36. The molecule has 3 N–H and O–H groups in total. The van der Waals surface area contributed by atoms with E-state index in [0.29, 0.717) is 54.3 Å². The first-order chi connectivity index (χ1) is 19.6. The predicted molar refractivity (Wildman–Crippen MR) is 157 cm³/mol. The number of amides is 1. The third-order valence-corrected chi connectivity index (χ3v) is 8.38. The molecule has 0 saturated heterocycles. The fourth-order valence-corrected chi connectivity index (χ4v) is 6.08. The van der Waals surface area contributed by atoms with Crippen LogP contribution in [0.15, 0.2) is 51.9 Å². The highest BCUT2D eigenvalue weighted by Gasteiger charge is 2.24. The lowest BCUT2D eigenvalue weighted by atomic mass is 9.97. The van der Waals surface area contributed by atoms with E-state index in [-0.39, 0.29) is 17.3 Å². The SMILES string of the molecule is CCCc1nc(CC)c(C(N)=O)n1Cc1ccc(-c2ccccc2S(=O)(=O)Nc2noc(C)c2C)c(COCC)c1. The number of rotatable bonds is 13. The van der Waals surface area contributed by atoms with Gasteiger partial charge in [-0.25, -0.2) is 13.4 Å². The number of carbonyl (C=O) groups is 1. The number of nitrogens with zero attached hydrogens (tertiary/aromatic N) is 3. The van der Waals surface area contributed by atoms with Crippen LogP contribution in [0.25, 0.3) is 11.1 Å². The van der Waals surface area contributed by atoms with E-state index in [1.807, 2.05) is 36.6 Å². The molecule has 2 aromatic heterocycles. The summed E-state index contributed by atoms with van der Waals surface area (Å²) in [6.07, 6.45) is 2.19. The molecule has 4 rings (SSSR count). The summed E-state index contributed by atoms with van der Waals surface area (Å²) < 4.78 is 42.5. The number of aromatic nitrogens is 3. The van der Waals surface area contributed by atoms with Gasteiger partial charge in [0.15, 0.2) is 5.82 Å². The first kappa shape index (κ1) is 30.0. The number of carbonyl (C=O) groups excluding carboxylic acids is 1. The molecular formula is C30H37N5O5S. The van der Waals surface area contributed by atoms with E-state index >= 15 is 0 Å². The van der Waals surface area contributed by atoms with Crippen LogP contribution in [0.5, 0.6) is 0 Å². The van der Waals surface area contributed by atoms with Crippen molar-refractivity contribution in [1.29, 1.82) is 0 Å². The molecule has 0 spiro atoms. The van der Waals surface area contributed by atoms with Crippen LogP contribution in [0.4, 0.5) is 5.82 Å². The number of aryl methyl sites for hydroxylation is 3. The molecule has 2 heterocycles. The van der Waals surface area contributed by atoms with Crippen molar-refractivity contribution in [2.75, 3.05) is 11.3 Å². The van der Waals surface area contributed by atoms with Crippen LogP contribution in [0, 0.1) is 13.8 Å². The number of imidazole rings is 1. The molecule has 0 saturated carbocycles. The summed E-state index contributed by atoms with van der Waals surface area (Å²) >= 11 is 0. The Morgan fingerprint density at radius 3 is 2.49 bits per heavy atom. The molecule has 218 valence electrons. The molecule has 4 aromatic rings. The van der Waals surface area contributed by atoms with Crippen molar-refractivity contribution >= 4 is 21.7 Å². The summed E-state index contributed by atoms with van der Waals surface area (Å²) in [5, 5.41) is 3.86. The molecule has 0 aliphatic carbocycles. The number of anilines is 1. The molecule has 1 amide bonds. The van der Waals surface area contributed by atoms with E-state index in [1.54, 1.807) is 38.1 Å².